The van der Waals surface area contributed by atoms with E-state index >= 15 is 0 Å². The molecule has 7 nitrogen and oxygen atoms in total. The van der Waals surface area contributed by atoms with Gasteiger partial charge in [-0.1, -0.05) is 11.6 Å². The summed E-state index contributed by atoms with van der Waals surface area (Å²) >= 11 is 5.71. The van der Waals surface area contributed by atoms with Crippen molar-refractivity contribution in [2.75, 3.05) is 25.0 Å². The zero-order valence-electron chi connectivity index (χ0n) is 10.8. The van der Waals surface area contributed by atoms with E-state index in [2.05, 4.69) is 10.3 Å². The van der Waals surface area contributed by atoms with Gasteiger partial charge in [-0.15, -0.1) is 0 Å². The maximum atomic E-state index is 11.8. The van der Waals surface area contributed by atoms with Crippen molar-refractivity contribution in [3.8, 4) is 0 Å². The molecule has 2 rings (SSSR count). The summed E-state index contributed by atoms with van der Waals surface area (Å²) in [6, 6.07) is 2.48. The second-order valence-corrected chi connectivity index (χ2v) is 4.94. The molecule has 1 saturated heterocycles. The van der Waals surface area contributed by atoms with Gasteiger partial charge in [-0.3, -0.25) is 14.9 Å². The number of aromatic nitrogens is 1. The highest BCUT2D eigenvalue weighted by molar-refractivity contribution is 6.29. The molecule has 0 aromatic carbocycles. The monoisotopic (exact) mass is 298 g/mol. The van der Waals surface area contributed by atoms with Gasteiger partial charge in [-0.2, -0.15) is 0 Å². The van der Waals surface area contributed by atoms with Crippen molar-refractivity contribution in [3.05, 3.63) is 27.4 Å². The van der Waals surface area contributed by atoms with Gasteiger partial charge < -0.3 is 10.2 Å². The first kappa shape index (κ1) is 14.5. The third-order valence-corrected chi connectivity index (χ3v) is 3.29. The summed E-state index contributed by atoms with van der Waals surface area (Å²) in [5, 5.41) is 13.6. The lowest BCUT2D eigenvalue weighted by molar-refractivity contribution is -0.384. The summed E-state index contributed by atoms with van der Waals surface area (Å²) in [7, 11) is 0. The average Bonchev–Trinajstić information content (AvgIpc) is 2.91. The van der Waals surface area contributed by atoms with Crippen LogP contribution in [-0.2, 0) is 4.79 Å². The van der Waals surface area contributed by atoms with Crippen LogP contribution >= 0.6 is 11.6 Å². The quantitative estimate of drug-likeness (QED) is 0.511. The average molecular weight is 299 g/mol. The van der Waals surface area contributed by atoms with Crippen LogP contribution in [0.15, 0.2) is 12.1 Å². The summed E-state index contributed by atoms with van der Waals surface area (Å²) in [6.07, 6.45) is 2.45. The van der Waals surface area contributed by atoms with Gasteiger partial charge in [0, 0.05) is 26.1 Å². The van der Waals surface area contributed by atoms with Gasteiger partial charge in [0.2, 0.25) is 5.91 Å². The Hall–Kier alpha value is -1.89. The van der Waals surface area contributed by atoms with E-state index in [0.717, 1.165) is 25.9 Å². The molecule has 20 heavy (non-hydrogen) atoms. The van der Waals surface area contributed by atoms with Crippen molar-refractivity contribution >= 4 is 29.0 Å². The van der Waals surface area contributed by atoms with Gasteiger partial charge in [-0.25, -0.2) is 4.98 Å². The predicted octanol–water partition coefficient (Wildman–Crippen LogP) is 2.07. The Labute approximate surface area is 121 Å². The third-order valence-electron chi connectivity index (χ3n) is 3.09. The van der Waals surface area contributed by atoms with E-state index < -0.39 is 4.92 Å². The minimum Gasteiger partial charge on any atom is -0.369 e. The number of nitrogens with one attached hydrogen (secondary N) is 1. The fraction of sp³-hybridized carbons (Fsp3) is 0.500. The van der Waals surface area contributed by atoms with E-state index in [1.807, 2.05) is 4.90 Å². The third kappa shape index (κ3) is 3.80. The number of amides is 1. The van der Waals surface area contributed by atoms with Crippen molar-refractivity contribution in [1.82, 2.24) is 9.88 Å². The van der Waals surface area contributed by atoms with Crippen LogP contribution in [0.5, 0.6) is 0 Å². The number of pyridine rings is 1. The molecular formula is C12H15ClN4O3. The zero-order chi connectivity index (χ0) is 14.5. The van der Waals surface area contributed by atoms with Crippen LogP contribution in [0, 0.1) is 10.1 Å². The highest BCUT2D eigenvalue weighted by atomic mass is 35.5. The first-order chi connectivity index (χ1) is 9.56. The van der Waals surface area contributed by atoms with Crippen LogP contribution in [-0.4, -0.2) is 40.3 Å². The molecule has 2 heterocycles. The summed E-state index contributed by atoms with van der Waals surface area (Å²) in [4.78, 5) is 27.7. The molecule has 0 bridgehead atoms. The van der Waals surface area contributed by atoms with Gasteiger partial charge in [0.15, 0.2) is 0 Å². The molecule has 0 aliphatic carbocycles. The summed E-state index contributed by atoms with van der Waals surface area (Å²) < 4.78 is 0. The first-order valence-corrected chi connectivity index (χ1v) is 6.77. The van der Waals surface area contributed by atoms with Crippen LogP contribution in [0.3, 0.4) is 0 Å². The Bertz CT molecular complexity index is 517. The number of halogens is 1. The minimum absolute atomic E-state index is 0.0487. The molecule has 1 aromatic rings. The fourth-order valence-corrected chi connectivity index (χ4v) is 2.30. The lowest BCUT2D eigenvalue weighted by Gasteiger charge is -2.15. The van der Waals surface area contributed by atoms with Crippen LogP contribution in [0.25, 0.3) is 0 Å². The molecule has 1 aliphatic heterocycles. The van der Waals surface area contributed by atoms with E-state index in [1.54, 1.807) is 0 Å². The van der Waals surface area contributed by atoms with E-state index in [1.165, 1.54) is 12.1 Å². The van der Waals surface area contributed by atoms with Crippen LogP contribution in [0.2, 0.25) is 5.15 Å². The second kappa shape index (κ2) is 6.51. The molecule has 1 aromatic heterocycles. The number of nitro groups is 1. The number of carbonyl (C=O) groups excluding carboxylic acids is 1. The smallest absolute Gasteiger partial charge is 0.276 e. The topological polar surface area (TPSA) is 88.4 Å². The predicted molar refractivity (Wildman–Crippen MR) is 74.8 cm³/mol. The Balaban J connectivity index is 1.87. The van der Waals surface area contributed by atoms with Gasteiger partial charge in [-0.05, 0) is 12.8 Å². The number of likely N-dealkylation sites (tertiary alicyclic amines) is 1. The molecular weight excluding hydrogens is 284 g/mol. The van der Waals surface area contributed by atoms with Crippen molar-refractivity contribution in [2.45, 2.75) is 19.3 Å². The fourth-order valence-electron chi connectivity index (χ4n) is 2.10. The van der Waals surface area contributed by atoms with Crippen LogP contribution in [0.1, 0.15) is 19.3 Å². The van der Waals surface area contributed by atoms with Gasteiger partial charge in [0.25, 0.3) is 5.69 Å². The zero-order valence-corrected chi connectivity index (χ0v) is 11.6. The largest absolute Gasteiger partial charge is 0.369 e. The Morgan fingerprint density at radius 1 is 1.45 bits per heavy atom. The molecule has 1 amide bonds. The SMILES string of the molecule is O=C(CCNc1cc([N+](=O)[O-])cc(Cl)n1)N1CCCC1. The first-order valence-electron chi connectivity index (χ1n) is 6.40. The van der Waals surface area contributed by atoms with Crippen molar-refractivity contribution in [3.63, 3.8) is 0 Å². The van der Waals surface area contributed by atoms with Crippen molar-refractivity contribution in [2.24, 2.45) is 0 Å². The highest BCUT2D eigenvalue weighted by Crippen LogP contribution is 2.20. The number of hydrogen-bond donors (Lipinski definition) is 1. The number of rotatable bonds is 5. The van der Waals surface area contributed by atoms with E-state index in [4.69, 9.17) is 11.6 Å². The normalized spacial score (nSPS) is 14.3. The maximum Gasteiger partial charge on any atom is 0.276 e. The summed E-state index contributed by atoms with van der Waals surface area (Å²) in [5.41, 5.74) is -0.127. The van der Waals surface area contributed by atoms with E-state index in [9.17, 15) is 14.9 Å². The van der Waals surface area contributed by atoms with Gasteiger partial charge in [0.05, 0.1) is 17.1 Å². The number of carbonyl (C=O) groups is 1. The van der Waals surface area contributed by atoms with Gasteiger partial charge >= 0.3 is 0 Å². The Morgan fingerprint density at radius 3 is 2.80 bits per heavy atom. The molecule has 1 N–H and O–H groups in total. The molecule has 0 spiro atoms. The maximum absolute atomic E-state index is 11.8. The Kier molecular flexibility index (Phi) is 4.73. The van der Waals surface area contributed by atoms with E-state index in [-0.39, 0.29) is 16.7 Å². The Morgan fingerprint density at radius 2 is 2.15 bits per heavy atom. The molecule has 0 saturated carbocycles. The highest BCUT2D eigenvalue weighted by Gasteiger charge is 2.17. The lowest BCUT2D eigenvalue weighted by atomic mass is 10.3. The summed E-state index contributed by atoms with van der Waals surface area (Å²) in [6.45, 7) is 2.01. The van der Waals surface area contributed by atoms with Gasteiger partial charge in [0.1, 0.15) is 11.0 Å². The molecule has 1 fully saturated rings. The molecule has 1 aliphatic rings. The van der Waals surface area contributed by atoms with E-state index in [0.29, 0.717) is 18.8 Å². The summed E-state index contributed by atoms with van der Waals surface area (Å²) in [5.74, 6) is 0.393. The van der Waals surface area contributed by atoms with Crippen molar-refractivity contribution < 1.29 is 9.72 Å². The standard InChI is InChI=1S/C12H15ClN4O3/c13-10-7-9(17(19)20)8-11(15-10)14-4-3-12(18)16-5-1-2-6-16/h7-8H,1-6H2,(H,14,15). The van der Waals surface area contributed by atoms with Crippen LogP contribution in [0.4, 0.5) is 11.5 Å². The molecule has 0 radical (unpaired) electrons. The van der Waals surface area contributed by atoms with Crippen LogP contribution < -0.4 is 5.32 Å². The number of nitrogens with zero attached hydrogens (tertiary/aromatic N) is 3. The lowest BCUT2D eigenvalue weighted by Crippen LogP contribution is -2.29. The number of anilines is 1. The minimum atomic E-state index is -0.534. The molecule has 8 heteroatoms. The second-order valence-electron chi connectivity index (χ2n) is 4.56. The van der Waals surface area contributed by atoms with Crippen molar-refractivity contribution in [1.29, 1.82) is 0 Å². The molecule has 0 unspecified atom stereocenters. The number of hydrogen-bond acceptors (Lipinski definition) is 5. The molecule has 0 atom stereocenters. The molecule has 108 valence electrons.